The normalized spacial score (nSPS) is 17.8. The van der Waals surface area contributed by atoms with Gasteiger partial charge in [-0.2, -0.15) is 4.98 Å². The molecule has 0 spiro atoms. The molecule has 0 aliphatic carbocycles. The third kappa shape index (κ3) is 2.11. The molecular weight excluding hydrogens is 248 g/mol. The molecule has 1 aromatic carbocycles. The summed E-state index contributed by atoms with van der Waals surface area (Å²) in [4.78, 5) is 11.3. The summed E-state index contributed by atoms with van der Waals surface area (Å²) < 4.78 is 0. The Kier molecular flexibility index (Phi) is 3.30. The van der Waals surface area contributed by atoms with Crippen molar-refractivity contribution in [1.82, 2.24) is 9.97 Å². The quantitative estimate of drug-likeness (QED) is 0.907. The number of anilines is 3. The van der Waals surface area contributed by atoms with E-state index in [0.717, 1.165) is 24.2 Å². The van der Waals surface area contributed by atoms with Gasteiger partial charge in [-0.05, 0) is 38.3 Å². The average Bonchev–Trinajstić information content (AvgIpc) is 2.48. The van der Waals surface area contributed by atoms with Gasteiger partial charge in [0.15, 0.2) is 0 Å². The molecule has 0 saturated carbocycles. The van der Waals surface area contributed by atoms with Crippen LogP contribution in [-0.4, -0.2) is 23.1 Å². The van der Waals surface area contributed by atoms with Gasteiger partial charge in [0, 0.05) is 30.5 Å². The Morgan fingerprint density at radius 2 is 2.10 bits per heavy atom. The summed E-state index contributed by atoms with van der Waals surface area (Å²) in [7, 11) is 1.85. The van der Waals surface area contributed by atoms with Crippen LogP contribution in [0.4, 0.5) is 17.5 Å². The van der Waals surface area contributed by atoms with Crippen LogP contribution < -0.4 is 10.2 Å². The Labute approximate surface area is 119 Å². The Morgan fingerprint density at radius 1 is 1.30 bits per heavy atom. The van der Waals surface area contributed by atoms with Gasteiger partial charge in [0.2, 0.25) is 5.95 Å². The second kappa shape index (κ2) is 5.12. The molecule has 1 aliphatic heterocycles. The van der Waals surface area contributed by atoms with E-state index in [9.17, 15) is 0 Å². The lowest BCUT2D eigenvalue weighted by atomic mass is 9.96. The van der Waals surface area contributed by atoms with E-state index < -0.39 is 0 Å². The molecular formula is C16H20N4. The van der Waals surface area contributed by atoms with Crippen molar-refractivity contribution in [2.45, 2.75) is 32.7 Å². The number of hydrogen-bond donors (Lipinski definition) is 1. The molecule has 2 aromatic rings. The second-order valence-corrected chi connectivity index (χ2v) is 5.34. The molecule has 0 radical (unpaired) electrons. The minimum absolute atomic E-state index is 0.447. The van der Waals surface area contributed by atoms with Crippen LogP contribution in [0.15, 0.2) is 30.5 Å². The van der Waals surface area contributed by atoms with Gasteiger partial charge in [0.1, 0.15) is 5.82 Å². The van der Waals surface area contributed by atoms with E-state index in [1.165, 1.54) is 11.3 Å². The largest absolute Gasteiger partial charge is 0.357 e. The van der Waals surface area contributed by atoms with Crippen molar-refractivity contribution in [3.8, 4) is 0 Å². The first kappa shape index (κ1) is 12.9. The topological polar surface area (TPSA) is 41.1 Å². The highest BCUT2D eigenvalue weighted by Crippen LogP contribution is 2.37. The number of fused-ring (bicyclic) bond motifs is 1. The number of rotatable bonds is 2. The number of aryl methyl sites for hydroxylation is 2. The van der Waals surface area contributed by atoms with Gasteiger partial charge in [0.25, 0.3) is 0 Å². The zero-order chi connectivity index (χ0) is 14.1. The van der Waals surface area contributed by atoms with Gasteiger partial charge in [-0.1, -0.05) is 18.2 Å². The zero-order valence-electron chi connectivity index (χ0n) is 12.2. The van der Waals surface area contributed by atoms with E-state index in [1.807, 2.05) is 13.2 Å². The highest BCUT2D eigenvalue weighted by Gasteiger charge is 2.26. The molecule has 1 atom stereocenters. The molecule has 4 heteroatoms. The fourth-order valence-electron chi connectivity index (χ4n) is 2.81. The minimum atomic E-state index is 0.447. The summed E-state index contributed by atoms with van der Waals surface area (Å²) >= 11 is 0. The molecule has 0 fully saturated rings. The van der Waals surface area contributed by atoms with Crippen molar-refractivity contribution < 1.29 is 0 Å². The van der Waals surface area contributed by atoms with Crippen molar-refractivity contribution in [1.29, 1.82) is 0 Å². The zero-order valence-corrected chi connectivity index (χ0v) is 12.2. The smallest absolute Gasteiger partial charge is 0.224 e. The molecule has 2 heterocycles. The fourth-order valence-corrected chi connectivity index (χ4v) is 2.81. The van der Waals surface area contributed by atoms with Crippen LogP contribution in [0.5, 0.6) is 0 Å². The first-order valence-corrected chi connectivity index (χ1v) is 7.09. The van der Waals surface area contributed by atoms with E-state index in [4.69, 9.17) is 0 Å². The minimum Gasteiger partial charge on any atom is -0.357 e. The van der Waals surface area contributed by atoms with Crippen LogP contribution in [0.3, 0.4) is 0 Å². The molecule has 104 valence electrons. The SMILES string of the molecule is CNc1ncc(C)c(N2c3ccccc3CCC2C)n1. The van der Waals surface area contributed by atoms with Crippen LogP contribution >= 0.6 is 0 Å². The lowest BCUT2D eigenvalue weighted by Crippen LogP contribution is -2.34. The Bertz CT molecular complexity index is 624. The molecule has 1 N–H and O–H groups in total. The summed E-state index contributed by atoms with van der Waals surface area (Å²) in [6.07, 6.45) is 4.17. The summed E-state index contributed by atoms with van der Waals surface area (Å²) in [6.45, 7) is 4.33. The van der Waals surface area contributed by atoms with E-state index in [2.05, 4.69) is 58.3 Å². The lowest BCUT2D eigenvalue weighted by molar-refractivity contribution is 0.612. The Hall–Kier alpha value is -2.10. The second-order valence-electron chi connectivity index (χ2n) is 5.34. The Balaban J connectivity index is 2.13. The molecule has 1 aromatic heterocycles. The van der Waals surface area contributed by atoms with Crippen LogP contribution in [0.25, 0.3) is 0 Å². The van der Waals surface area contributed by atoms with E-state index in [-0.39, 0.29) is 0 Å². The molecule has 3 rings (SSSR count). The van der Waals surface area contributed by atoms with Crippen molar-refractivity contribution in [2.75, 3.05) is 17.3 Å². The first-order chi connectivity index (χ1) is 9.70. The van der Waals surface area contributed by atoms with Crippen LogP contribution in [0, 0.1) is 6.92 Å². The first-order valence-electron chi connectivity index (χ1n) is 7.09. The highest BCUT2D eigenvalue weighted by atomic mass is 15.3. The number of aromatic nitrogens is 2. The number of nitrogens with one attached hydrogen (secondary N) is 1. The van der Waals surface area contributed by atoms with Gasteiger partial charge in [0.05, 0.1) is 0 Å². The molecule has 20 heavy (non-hydrogen) atoms. The van der Waals surface area contributed by atoms with Crippen molar-refractivity contribution >= 4 is 17.5 Å². The lowest BCUT2D eigenvalue weighted by Gasteiger charge is -2.37. The van der Waals surface area contributed by atoms with Crippen LogP contribution in [0.1, 0.15) is 24.5 Å². The summed E-state index contributed by atoms with van der Waals surface area (Å²) in [5.74, 6) is 1.67. The molecule has 1 unspecified atom stereocenters. The monoisotopic (exact) mass is 268 g/mol. The van der Waals surface area contributed by atoms with Gasteiger partial charge >= 0.3 is 0 Å². The van der Waals surface area contributed by atoms with Gasteiger partial charge in [-0.25, -0.2) is 4.98 Å². The van der Waals surface area contributed by atoms with Gasteiger partial charge in [-0.15, -0.1) is 0 Å². The molecule has 0 amide bonds. The van der Waals surface area contributed by atoms with Crippen LogP contribution in [-0.2, 0) is 6.42 Å². The maximum Gasteiger partial charge on any atom is 0.224 e. The number of benzene rings is 1. The number of para-hydroxylation sites is 1. The van der Waals surface area contributed by atoms with E-state index >= 15 is 0 Å². The third-order valence-electron chi connectivity index (χ3n) is 3.92. The average molecular weight is 268 g/mol. The predicted molar refractivity (Wildman–Crippen MR) is 82.7 cm³/mol. The molecule has 4 nitrogen and oxygen atoms in total. The Morgan fingerprint density at radius 3 is 2.90 bits per heavy atom. The maximum atomic E-state index is 4.67. The van der Waals surface area contributed by atoms with Crippen molar-refractivity contribution in [3.63, 3.8) is 0 Å². The van der Waals surface area contributed by atoms with Crippen molar-refractivity contribution in [3.05, 3.63) is 41.6 Å². The van der Waals surface area contributed by atoms with Crippen LogP contribution in [0.2, 0.25) is 0 Å². The van der Waals surface area contributed by atoms with Gasteiger partial charge < -0.3 is 10.2 Å². The number of hydrogen-bond acceptors (Lipinski definition) is 4. The van der Waals surface area contributed by atoms with E-state index in [1.54, 1.807) is 0 Å². The van der Waals surface area contributed by atoms with Gasteiger partial charge in [-0.3, -0.25) is 0 Å². The molecule has 0 saturated heterocycles. The molecule has 1 aliphatic rings. The fraction of sp³-hybridized carbons (Fsp3) is 0.375. The van der Waals surface area contributed by atoms with Crippen molar-refractivity contribution in [2.24, 2.45) is 0 Å². The summed E-state index contributed by atoms with van der Waals surface area (Å²) in [6, 6.07) is 9.05. The number of nitrogens with zero attached hydrogens (tertiary/aromatic N) is 3. The summed E-state index contributed by atoms with van der Waals surface area (Å²) in [5, 5.41) is 3.02. The third-order valence-corrected chi connectivity index (χ3v) is 3.92. The maximum absolute atomic E-state index is 4.67. The summed E-state index contributed by atoms with van der Waals surface area (Å²) in [5.41, 5.74) is 3.78. The van der Waals surface area contributed by atoms with E-state index in [0.29, 0.717) is 12.0 Å². The molecule has 0 bridgehead atoms. The predicted octanol–water partition coefficient (Wildman–Crippen LogP) is 3.30. The highest BCUT2D eigenvalue weighted by molar-refractivity contribution is 5.68. The standard InChI is InChI=1S/C16H20N4/c1-11-10-18-16(17-3)19-15(11)20-12(2)8-9-13-6-4-5-7-14(13)20/h4-7,10,12H,8-9H2,1-3H3,(H,17,18,19).